The highest BCUT2D eigenvalue weighted by atomic mass is 16.3. The first-order chi connectivity index (χ1) is 9.34. The lowest BCUT2D eigenvalue weighted by molar-refractivity contribution is 0.153. The van der Waals surface area contributed by atoms with Crippen LogP contribution in [0.1, 0.15) is 48.0 Å². The number of aliphatic hydroxyl groups is 1. The minimum Gasteiger partial charge on any atom is -0.388 e. The van der Waals surface area contributed by atoms with E-state index in [1.165, 1.54) is 30.4 Å². The summed E-state index contributed by atoms with van der Waals surface area (Å²) in [5, 5.41) is 10.4. The van der Waals surface area contributed by atoms with E-state index in [-0.39, 0.29) is 0 Å². The van der Waals surface area contributed by atoms with Crippen molar-refractivity contribution in [3.8, 4) is 0 Å². The van der Waals surface area contributed by atoms with Crippen LogP contribution in [-0.2, 0) is 6.42 Å². The SMILES string of the molecule is OC(CC1CCCc2ccccc21)c1cccnc1. The standard InChI is InChI=1S/C17H19NO/c19-17(15-8-4-10-18-12-15)11-14-7-3-6-13-5-1-2-9-16(13)14/h1-2,4-5,8-10,12,14,17,19H,3,6-7,11H2. The van der Waals surface area contributed by atoms with Gasteiger partial charge in [-0.3, -0.25) is 4.98 Å². The smallest absolute Gasteiger partial charge is 0.0810 e. The molecular weight excluding hydrogens is 234 g/mol. The quantitative estimate of drug-likeness (QED) is 0.906. The lowest BCUT2D eigenvalue weighted by atomic mass is 9.79. The van der Waals surface area contributed by atoms with E-state index in [1.54, 1.807) is 12.4 Å². The van der Waals surface area contributed by atoms with Crippen molar-refractivity contribution < 1.29 is 5.11 Å². The van der Waals surface area contributed by atoms with Crippen LogP contribution in [0.15, 0.2) is 48.8 Å². The summed E-state index contributed by atoms with van der Waals surface area (Å²) < 4.78 is 0. The van der Waals surface area contributed by atoms with Crippen molar-refractivity contribution in [2.45, 2.75) is 37.7 Å². The van der Waals surface area contributed by atoms with Crippen LogP contribution in [-0.4, -0.2) is 10.1 Å². The third kappa shape index (κ3) is 2.69. The minimum atomic E-state index is -0.412. The summed E-state index contributed by atoms with van der Waals surface area (Å²) in [6.07, 6.45) is 7.46. The molecule has 0 saturated carbocycles. The highest BCUT2D eigenvalue weighted by Gasteiger charge is 2.23. The Labute approximate surface area is 114 Å². The fraction of sp³-hybridized carbons (Fsp3) is 0.353. The Balaban J connectivity index is 1.78. The van der Waals surface area contributed by atoms with Gasteiger partial charge in [-0.05, 0) is 54.4 Å². The molecule has 2 atom stereocenters. The zero-order valence-electron chi connectivity index (χ0n) is 11.0. The Morgan fingerprint density at radius 1 is 1.21 bits per heavy atom. The molecule has 0 spiro atoms. The number of rotatable bonds is 3. The van der Waals surface area contributed by atoms with Gasteiger partial charge in [0, 0.05) is 12.4 Å². The molecule has 19 heavy (non-hydrogen) atoms. The highest BCUT2D eigenvalue weighted by Crippen LogP contribution is 2.37. The van der Waals surface area contributed by atoms with Crippen LogP contribution in [0, 0.1) is 0 Å². The Morgan fingerprint density at radius 2 is 2.11 bits per heavy atom. The molecule has 2 nitrogen and oxygen atoms in total. The van der Waals surface area contributed by atoms with Gasteiger partial charge >= 0.3 is 0 Å². The summed E-state index contributed by atoms with van der Waals surface area (Å²) in [7, 11) is 0. The number of hydrogen-bond acceptors (Lipinski definition) is 2. The van der Waals surface area contributed by atoms with Gasteiger partial charge in [-0.2, -0.15) is 0 Å². The summed E-state index contributed by atoms with van der Waals surface area (Å²) in [5.41, 5.74) is 3.80. The number of nitrogens with zero attached hydrogens (tertiary/aromatic N) is 1. The molecule has 2 aromatic rings. The van der Waals surface area contributed by atoms with Crippen LogP contribution in [0.5, 0.6) is 0 Å². The van der Waals surface area contributed by atoms with Crippen LogP contribution >= 0.6 is 0 Å². The molecule has 0 fully saturated rings. The van der Waals surface area contributed by atoms with E-state index < -0.39 is 6.10 Å². The first kappa shape index (κ1) is 12.4. The number of aromatic nitrogens is 1. The average Bonchev–Trinajstić information content (AvgIpc) is 2.48. The van der Waals surface area contributed by atoms with Gasteiger partial charge in [0.25, 0.3) is 0 Å². The van der Waals surface area contributed by atoms with E-state index >= 15 is 0 Å². The first-order valence-electron chi connectivity index (χ1n) is 7.00. The third-order valence-corrected chi connectivity index (χ3v) is 4.07. The monoisotopic (exact) mass is 253 g/mol. The molecule has 1 aromatic carbocycles. The van der Waals surface area contributed by atoms with Crippen molar-refractivity contribution >= 4 is 0 Å². The predicted molar refractivity (Wildman–Crippen MR) is 75.9 cm³/mol. The largest absolute Gasteiger partial charge is 0.388 e. The average molecular weight is 253 g/mol. The molecular formula is C17H19NO. The van der Waals surface area contributed by atoms with Crippen molar-refractivity contribution in [1.29, 1.82) is 0 Å². The van der Waals surface area contributed by atoms with Gasteiger partial charge < -0.3 is 5.11 Å². The van der Waals surface area contributed by atoms with Crippen molar-refractivity contribution in [3.63, 3.8) is 0 Å². The van der Waals surface area contributed by atoms with E-state index in [1.807, 2.05) is 12.1 Å². The van der Waals surface area contributed by atoms with Crippen molar-refractivity contribution in [1.82, 2.24) is 4.98 Å². The molecule has 0 radical (unpaired) electrons. The van der Waals surface area contributed by atoms with Crippen LogP contribution in [0.4, 0.5) is 0 Å². The molecule has 2 unspecified atom stereocenters. The van der Waals surface area contributed by atoms with Gasteiger partial charge in [0.2, 0.25) is 0 Å². The van der Waals surface area contributed by atoms with Crippen LogP contribution < -0.4 is 0 Å². The van der Waals surface area contributed by atoms with Gasteiger partial charge in [-0.15, -0.1) is 0 Å². The Bertz CT molecular complexity index is 538. The Morgan fingerprint density at radius 3 is 2.95 bits per heavy atom. The number of aryl methyl sites for hydroxylation is 1. The normalized spacial score (nSPS) is 19.7. The first-order valence-corrected chi connectivity index (χ1v) is 7.00. The lowest BCUT2D eigenvalue weighted by Gasteiger charge is -2.27. The molecule has 0 amide bonds. The summed E-state index contributed by atoms with van der Waals surface area (Å²) in [6.45, 7) is 0. The minimum absolute atomic E-state index is 0.412. The molecule has 0 saturated heterocycles. The van der Waals surface area contributed by atoms with Crippen molar-refractivity contribution in [2.24, 2.45) is 0 Å². The topological polar surface area (TPSA) is 33.1 Å². The second-order valence-corrected chi connectivity index (χ2v) is 5.33. The van der Waals surface area contributed by atoms with E-state index in [4.69, 9.17) is 0 Å². The van der Waals surface area contributed by atoms with Gasteiger partial charge in [0.15, 0.2) is 0 Å². The predicted octanol–water partition coefficient (Wildman–Crippen LogP) is 3.63. The number of aliphatic hydroxyl groups excluding tert-OH is 1. The zero-order valence-corrected chi connectivity index (χ0v) is 11.0. The fourth-order valence-electron chi connectivity index (χ4n) is 3.08. The van der Waals surface area contributed by atoms with Gasteiger partial charge in [0.1, 0.15) is 0 Å². The molecule has 1 heterocycles. The van der Waals surface area contributed by atoms with Crippen LogP contribution in [0.25, 0.3) is 0 Å². The Kier molecular flexibility index (Phi) is 3.60. The van der Waals surface area contributed by atoms with Gasteiger partial charge in [0.05, 0.1) is 6.10 Å². The van der Waals surface area contributed by atoms with Crippen LogP contribution in [0.2, 0.25) is 0 Å². The summed E-state index contributed by atoms with van der Waals surface area (Å²) in [6, 6.07) is 12.5. The number of pyridine rings is 1. The highest BCUT2D eigenvalue weighted by molar-refractivity contribution is 5.33. The second kappa shape index (κ2) is 5.54. The molecule has 0 aliphatic heterocycles. The van der Waals surface area contributed by atoms with Gasteiger partial charge in [-0.1, -0.05) is 30.3 Å². The summed E-state index contributed by atoms with van der Waals surface area (Å²) >= 11 is 0. The van der Waals surface area contributed by atoms with Crippen molar-refractivity contribution in [3.05, 3.63) is 65.5 Å². The lowest BCUT2D eigenvalue weighted by Crippen LogP contribution is -2.13. The maximum atomic E-state index is 10.4. The maximum absolute atomic E-state index is 10.4. The fourth-order valence-corrected chi connectivity index (χ4v) is 3.08. The Hall–Kier alpha value is -1.67. The molecule has 1 aromatic heterocycles. The van der Waals surface area contributed by atoms with E-state index in [9.17, 15) is 5.11 Å². The molecule has 2 heteroatoms. The van der Waals surface area contributed by atoms with Crippen molar-refractivity contribution in [2.75, 3.05) is 0 Å². The number of hydrogen-bond donors (Lipinski definition) is 1. The summed E-state index contributed by atoms with van der Waals surface area (Å²) in [5.74, 6) is 0.472. The molecule has 1 N–H and O–H groups in total. The van der Waals surface area contributed by atoms with E-state index in [0.29, 0.717) is 5.92 Å². The second-order valence-electron chi connectivity index (χ2n) is 5.33. The van der Waals surface area contributed by atoms with Crippen LogP contribution in [0.3, 0.4) is 0 Å². The molecule has 3 rings (SSSR count). The molecule has 0 bridgehead atoms. The van der Waals surface area contributed by atoms with E-state index in [0.717, 1.165) is 12.0 Å². The third-order valence-electron chi connectivity index (χ3n) is 4.07. The maximum Gasteiger partial charge on any atom is 0.0810 e. The molecule has 1 aliphatic rings. The van der Waals surface area contributed by atoms with Gasteiger partial charge in [-0.25, -0.2) is 0 Å². The number of benzene rings is 1. The molecule has 98 valence electrons. The van der Waals surface area contributed by atoms with E-state index in [2.05, 4.69) is 29.2 Å². The molecule has 1 aliphatic carbocycles. The zero-order chi connectivity index (χ0) is 13.1. The summed E-state index contributed by atoms with van der Waals surface area (Å²) in [4.78, 5) is 4.08. The number of fused-ring (bicyclic) bond motifs is 1.